The number of aliphatic hydroxyl groups is 3. The van der Waals surface area contributed by atoms with Crippen molar-refractivity contribution in [1.29, 1.82) is 0 Å². The number of likely N-dealkylation sites (N-methyl/N-ethyl adjacent to an activating group) is 1. The van der Waals surface area contributed by atoms with Crippen molar-refractivity contribution in [3.8, 4) is 5.75 Å². The Balaban J connectivity index is 1.68. The van der Waals surface area contributed by atoms with Gasteiger partial charge in [0.2, 0.25) is 5.78 Å². The Morgan fingerprint density at radius 1 is 1.20 bits per heavy atom. The van der Waals surface area contributed by atoms with E-state index in [0.717, 1.165) is 0 Å². The number of aliphatic hydroxyl groups excluding tert-OH is 2. The molecule has 1 aromatic carbocycles. The van der Waals surface area contributed by atoms with Crippen molar-refractivity contribution in [2.24, 2.45) is 17.6 Å². The van der Waals surface area contributed by atoms with Crippen LogP contribution in [0.25, 0.3) is 5.76 Å². The van der Waals surface area contributed by atoms with E-state index in [1.54, 1.807) is 38.6 Å². The van der Waals surface area contributed by atoms with Crippen molar-refractivity contribution in [1.82, 2.24) is 9.88 Å². The van der Waals surface area contributed by atoms with Crippen LogP contribution in [0.1, 0.15) is 23.1 Å². The number of amides is 1. The molecule has 41 heavy (non-hydrogen) atoms. The van der Waals surface area contributed by atoms with Gasteiger partial charge in [-0.3, -0.25) is 24.3 Å². The first-order chi connectivity index (χ1) is 19.3. The van der Waals surface area contributed by atoms with Crippen LogP contribution in [-0.4, -0.2) is 87.6 Å². The SMILES string of the molecule is CN(C)c1cc(CNc2cccnc2)c(O)c2c1C[C@H]1C[C@H]3[C@H](N(C)C)C(=O)C(C(N)=O)=C(O)[C@@]3(O)C(=O)C1=C2O. The van der Waals surface area contributed by atoms with E-state index >= 15 is 0 Å². The second kappa shape index (κ2) is 9.89. The van der Waals surface area contributed by atoms with Crippen LogP contribution in [0.3, 0.4) is 0 Å². The lowest BCUT2D eigenvalue weighted by Gasteiger charge is -2.50. The Bertz CT molecular complexity index is 1530. The van der Waals surface area contributed by atoms with Crippen LogP contribution in [0, 0.1) is 11.8 Å². The van der Waals surface area contributed by atoms with Crippen molar-refractivity contribution < 1.29 is 34.8 Å². The fraction of sp³-hybridized carbons (Fsp3) is 0.379. The number of hydrogen-bond donors (Lipinski definition) is 6. The summed E-state index contributed by atoms with van der Waals surface area (Å²) in [6, 6.07) is 4.25. The van der Waals surface area contributed by atoms with Crippen molar-refractivity contribution in [3.05, 3.63) is 64.2 Å². The van der Waals surface area contributed by atoms with Crippen LogP contribution in [0.5, 0.6) is 5.75 Å². The monoisotopic (exact) mass is 563 g/mol. The molecule has 2 aromatic rings. The smallest absolute Gasteiger partial charge is 0.255 e. The van der Waals surface area contributed by atoms with E-state index in [9.17, 15) is 34.8 Å². The number of nitrogens with two attached hydrogens (primary N) is 1. The molecule has 1 fully saturated rings. The number of hydrogen-bond acceptors (Lipinski definition) is 11. The number of rotatable bonds is 6. The molecule has 4 atom stereocenters. The third kappa shape index (κ3) is 4.13. The largest absolute Gasteiger partial charge is 0.508 e. The molecular weight excluding hydrogens is 530 g/mol. The lowest BCUT2D eigenvalue weighted by atomic mass is 9.57. The molecule has 1 aromatic heterocycles. The summed E-state index contributed by atoms with van der Waals surface area (Å²) in [7, 11) is 6.78. The number of nitrogens with zero attached hydrogens (tertiary/aromatic N) is 3. The number of phenolic OH excluding ortho intramolecular Hbond substituents is 1. The Labute approximate surface area is 236 Å². The summed E-state index contributed by atoms with van der Waals surface area (Å²) in [5.41, 5.74) is 4.20. The van der Waals surface area contributed by atoms with E-state index in [1.165, 1.54) is 4.90 Å². The molecule has 0 aliphatic heterocycles. The Morgan fingerprint density at radius 2 is 1.90 bits per heavy atom. The van der Waals surface area contributed by atoms with Gasteiger partial charge in [-0.1, -0.05) is 0 Å². The number of carbonyl (C=O) groups excluding carboxylic acids is 3. The summed E-state index contributed by atoms with van der Waals surface area (Å²) in [5, 5.41) is 48.9. The number of nitrogens with one attached hydrogen (secondary N) is 1. The standard InChI is InChI=1S/C29H33N5O7/c1-33(2)18-10-14(11-32-15-6-5-7-31-12-15)23(35)20-16(18)8-13-9-17-22(34(3)4)25(37)21(28(30)40)27(39)29(17,41)26(38)19(13)24(20)36/h5-7,10,12-13,17,22,32,35-36,39,41H,8-9,11H2,1-4H3,(H2,30,40)/t13-,17-,22-,29-/m0/s1. The van der Waals surface area contributed by atoms with E-state index in [1.807, 2.05) is 25.1 Å². The second-order valence-electron chi connectivity index (χ2n) is 11.2. The first-order valence-electron chi connectivity index (χ1n) is 13.1. The Hall–Kier alpha value is -4.42. The van der Waals surface area contributed by atoms with Gasteiger partial charge in [0.25, 0.3) is 5.91 Å². The molecular formula is C29H33N5O7. The summed E-state index contributed by atoms with van der Waals surface area (Å²) < 4.78 is 0. The van der Waals surface area contributed by atoms with Crippen molar-refractivity contribution in [3.63, 3.8) is 0 Å². The molecule has 0 spiro atoms. The highest BCUT2D eigenvalue weighted by Gasteiger charge is 2.64. The molecule has 3 aliphatic carbocycles. The fourth-order valence-electron chi connectivity index (χ4n) is 6.54. The number of benzene rings is 1. The average Bonchev–Trinajstić information content (AvgIpc) is 2.90. The third-order valence-electron chi connectivity index (χ3n) is 8.40. The van der Waals surface area contributed by atoms with Crippen molar-refractivity contribution in [2.75, 3.05) is 38.4 Å². The van der Waals surface area contributed by atoms with Gasteiger partial charge in [0, 0.05) is 55.8 Å². The molecule has 12 heteroatoms. The van der Waals surface area contributed by atoms with Gasteiger partial charge in [0.15, 0.2) is 11.4 Å². The van der Waals surface area contributed by atoms with Gasteiger partial charge in [-0.05, 0) is 56.6 Å². The minimum absolute atomic E-state index is 0.0315. The van der Waals surface area contributed by atoms with E-state index in [2.05, 4.69) is 10.3 Å². The fourth-order valence-corrected chi connectivity index (χ4v) is 6.54. The topological polar surface area (TPSA) is 190 Å². The van der Waals surface area contributed by atoms with E-state index in [4.69, 9.17) is 5.73 Å². The minimum atomic E-state index is -2.68. The van der Waals surface area contributed by atoms with Crippen molar-refractivity contribution in [2.45, 2.75) is 31.0 Å². The highest BCUT2D eigenvalue weighted by atomic mass is 16.3. The van der Waals surface area contributed by atoms with Crippen LogP contribution in [0.15, 0.2) is 47.5 Å². The second-order valence-corrected chi connectivity index (χ2v) is 11.2. The number of fused-ring (bicyclic) bond motifs is 3. The van der Waals surface area contributed by atoms with E-state index in [-0.39, 0.29) is 36.3 Å². The van der Waals surface area contributed by atoms with Gasteiger partial charge in [-0.25, -0.2) is 0 Å². The maximum atomic E-state index is 14.1. The maximum Gasteiger partial charge on any atom is 0.255 e. The predicted octanol–water partition coefficient (Wildman–Crippen LogP) is 1.04. The molecule has 216 valence electrons. The molecule has 0 bridgehead atoms. The summed E-state index contributed by atoms with van der Waals surface area (Å²) in [6.45, 7) is 0.176. The van der Waals surface area contributed by atoms with Crippen LogP contribution in [0.4, 0.5) is 11.4 Å². The molecule has 0 radical (unpaired) electrons. The molecule has 0 unspecified atom stereocenters. The van der Waals surface area contributed by atoms with E-state index in [0.29, 0.717) is 22.5 Å². The molecule has 1 amide bonds. The first-order valence-corrected chi connectivity index (χ1v) is 13.1. The lowest BCUT2D eigenvalue weighted by molar-refractivity contribution is -0.153. The van der Waals surface area contributed by atoms with Gasteiger partial charge in [-0.15, -0.1) is 0 Å². The number of Topliss-reactive ketones (excluding diaryl/α,β-unsaturated/α-hetero) is 2. The van der Waals surface area contributed by atoms with Gasteiger partial charge in [0.05, 0.1) is 17.3 Å². The number of aromatic nitrogens is 1. The zero-order valence-corrected chi connectivity index (χ0v) is 23.2. The molecule has 0 saturated heterocycles. The normalized spacial score (nSPS) is 25.6. The van der Waals surface area contributed by atoms with Crippen LogP contribution >= 0.6 is 0 Å². The van der Waals surface area contributed by atoms with Crippen molar-refractivity contribution >= 4 is 34.6 Å². The van der Waals surface area contributed by atoms with Gasteiger partial charge in [-0.2, -0.15) is 0 Å². The number of carbonyl (C=O) groups is 3. The lowest BCUT2D eigenvalue weighted by Crippen LogP contribution is -2.65. The summed E-state index contributed by atoms with van der Waals surface area (Å²) in [5.74, 6) is -6.74. The van der Waals surface area contributed by atoms with Gasteiger partial charge < -0.3 is 36.4 Å². The number of anilines is 2. The molecule has 1 heterocycles. The zero-order valence-electron chi connectivity index (χ0n) is 23.2. The van der Waals surface area contributed by atoms with Crippen LogP contribution < -0.4 is 16.0 Å². The maximum absolute atomic E-state index is 14.1. The van der Waals surface area contributed by atoms with Crippen LogP contribution in [-0.2, 0) is 27.3 Å². The summed E-state index contributed by atoms with van der Waals surface area (Å²) in [4.78, 5) is 46.8. The number of pyridine rings is 1. The molecule has 1 saturated carbocycles. The molecule has 5 rings (SSSR count). The molecule has 12 nitrogen and oxygen atoms in total. The highest BCUT2D eigenvalue weighted by molar-refractivity contribution is 6.24. The van der Waals surface area contributed by atoms with Gasteiger partial charge >= 0.3 is 0 Å². The Kier molecular flexibility index (Phi) is 6.79. The van der Waals surface area contributed by atoms with E-state index < -0.39 is 58.0 Å². The molecule has 3 aliphatic rings. The predicted molar refractivity (Wildman–Crippen MR) is 150 cm³/mol. The minimum Gasteiger partial charge on any atom is -0.508 e. The number of ketones is 2. The number of primary amides is 1. The average molecular weight is 564 g/mol. The number of phenols is 1. The molecule has 7 N–H and O–H groups in total. The quantitative estimate of drug-likeness (QED) is 0.275. The third-order valence-corrected chi connectivity index (χ3v) is 8.40. The first kappa shape index (κ1) is 28.1. The summed E-state index contributed by atoms with van der Waals surface area (Å²) in [6.07, 6.45) is 3.50. The number of aromatic hydroxyl groups is 1. The van der Waals surface area contributed by atoms with Crippen LogP contribution in [0.2, 0.25) is 0 Å². The zero-order chi connectivity index (χ0) is 30.0. The van der Waals surface area contributed by atoms with Gasteiger partial charge in [0.1, 0.15) is 22.8 Å². The Morgan fingerprint density at radius 3 is 2.49 bits per heavy atom. The highest BCUT2D eigenvalue weighted by Crippen LogP contribution is 2.54. The summed E-state index contributed by atoms with van der Waals surface area (Å²) >= 11 is 0.